The molecular formula is C24H37F3N2. The summed E-state index contributed by atoms with van der Waals surface area (Å²) >= 11 is 0. The molecule has 0 spiro atoms. The van der Waals surface area contributed by atoms with Crippen molar-refractivity contribution >= 4 is 11.0 Å². The number of halogens is 3. The number of fused-ring (bicyclic) bond motifs is 1. The van der Waals surface area contributed by atoms with Crippen LogP contribution in [0, 0.1) is 0 Å². The number of benzene rings is 1. The molecule has 5 heteroatoms. The van der Waals surface area contributed by atoms with E-state index in [9.17, 15) is 13.2 Å². The van der Waals surface area contributed by atoms with Gasteiger partial charge in [0.1, 0.15) is 0 Å². The molecule has 0 fully saturated rings. The summed E-state index contributed by atoms with van der Waals surface area (Å²) in [5, 5.41) is 0. The van der Waals surface area contributed by atoms with Gasteiger partial charge in [0, 0.05) is 6.54 Å². The molecule has 0 radical (unpaired) electrons. The van der Waals surface area contributed by atoms with Crippen LogP contribution >= 0.6 is 0 Å². The van der Waals surface area contributed by atoms with Gasteiger partial charge in [-0.25, -0.2) is 4.98 Å². The van der Waals surface area contributed by atoms with Crippen molar-refractivity contribution in [3.05, 3.63) is 30.1 Å². The van der Waals surface area contributed by atoms with E-state index in [0.717, 1.165) is 19.3 Å². The third-order valence-electron chi connectivity index (χ3n) is 5.64. The van der Waals surface area contributed by atoms with Crippen molar-refractivity contribution < 1.29 is 13.2 Å². The molecule has 0 atom stereocenters. The van der Waals surface area contributed by atoms with Crippen molar-refractivity contribution in [2.24, 2.45) is 0 Å². The Kier molecular flexibility index (Phi) is 10.6. The highest BCUT2D eigenvalue weighted by molar-refractivity contribution is 5.76. The molecule has 2 nitrogen and oxygen atoms in total. The number of hydrogen-bond acceptors (Lipinski definition) is 1. The minimum atomic E-state index is -4.41. The topological polar surface area (TPSA) is 17.8 Å². The minimum Gasteiger partial charge on any atom is -0.320 e. The Morgan fingerprint density at radius 3 is 1.72 bits per heavy atom. The lowest BCUT2D eigenvalue weighted by atomic mass is 10.0. The molecule has 164 valence electrons. The van der Waals surface area contributed by atoms with Gasteiger partial charge in [-0.1, -0.05) is 103 Å². The smallest absolute Gasteiger partial charge is 0.320 e. The number of nitrogens with zero attached hydrogens (tertiary/aromatic N) is 2. The van der Waals surface area contributed by atoms with E-state index in [1.807, 2.05) is 0 Å². The van der Waals surface area contributed by atoms with E-state index in [4.69, 9.17) is 0 Å². The molecule has 0 aliphatic heterocycles. The molecule has 0 saturated carbocycles. The Labute approximate surface area is 173 Å². The summed E-state index contributed by atoms with van der Waals surface area (Å²) in [4.78, 5) is 3.81. The molecule has 29 heavy (non-hydrogen) atoms. The first kappa shape index (κ1) is 23.8. The summed E-state index contributed by atoms with van der Waals surface area (Å²) in [6.45, 7) is 2.63. The van der Waals surface area contributed by atoms with Crippen LogP contribution in [0.1, 0.15) is 103 Å². The van der Waals surface area contributed by atoms with Crippen LogP contribution < -0.4 is 0 Å². The summed E-state index contributed by atoms with van der Waals surface area (Å²) in [6, 6.07) is 6.87. The summed E-state index contributed by atoms with van der Waals surface area (Å²) in [5.41, 5.74) is 1.000. The lowest BCUT2D eigenvalue weighted by molar-refractivity contribution is -0.147. The fraction of sp³-hybridized carbons (Fsp3) is 0.708. The van der Waals surface area contributed by atoms with Crippen LogP contribution in [0.4, 0.5) is 13.2 Å². The van der Waals surface area contributed by atoms with Crippen molar-refractivity contribution in [1.29, 1.82) is 0 Å². The van der Waals surface area contributed by atoms with Gasteiger partial charge in [-0.05, 0) is 18.6 Å². The zero-order valence-electron chi connectivity index (χ0n) is 17.9. The number of imidazole rings is 1. The van der Waals surface area contributed by atoms with Crippen LogP contribution in [0.25, 0.3) is 11.0 Å². The summed E-state index contributed by atoms with van der Waals surface area (Å²) < 4.78 is 41.2. The number of unbranched alkanes of at least 4 members (excludes halogenated alkanes) is 13. The third-order valence-corrected chi connectivity index (χ3v) is 5.64. The highest BCUT2D eigenvalue weighted by Gasteiger charge is 2.37. The molecule has 0 amide bonds. The summed E-state index contributed by atoms with van der Waals surface area (Å²) in [7, 11) is 0. The summed E-state index contributed by atoms with van der Waals surface area (Å²) in [5.74, 6) is -0.770. The lowest BCUT2D eigenvalue weighted by Gasteiger charge is -2.11. The van der Waals surface area contributed by atoms with Gasteiger partial charge in [0.15, 0.2) is 0 Å². The summed E-state index contributed by atoms with van der Waals surface area (Å²) in [6.07, 6.45) is 13.0. The van der Waals surface area contributed by atoms with Crippen LogP contribution in [-0.4, -0.2) is 9.55 Å². The maximum Gasteiger partial charge on any atom is 0.449 e. The van der Waals surface area contributed by atoms with Gasteiger partial charge in [0.2, 0.25) is 5.82 Å². The van der Waals surface area contributed by atoms with Crippen LogP contribution in [0.5, 0.6) is 0 Å². The standard InChI is InChI=1S/C24H37F3N2/c1-2-3-4-5-6-7-8-9-10-11-12-13-14-17-20-29-22-19-16-15-18-21(22)28-23(29)24(25,26)27/h15-16,18-19H,2-14,17,20H2,1H3. The van der Waals surface area contributed by atoms with E-state index in [1.54, 1.807) is 24.3 Å². The second kappa shape index (κ2) is 12.9. The average molecular weight is 411 g/mol. The quantitative estimate of drug-likeness (QED) is 0.269. The number of aryl methyl sites for hydroxylation is 1. The molecule has 1 heterocycles. The second-order valence-electron chi connectivity index (χ2n) is 8.17. The Morgan fingerprint density at radius 2 is 1.21 bits per heavy atom. The highest BCUT2D eigenvalue weighted by Crippen LogP contribution is 2.31. The molecule has 2 aromatic rings. The van der Waals surface area contributed by atoms with Gasteiger partial charge >= 0.3 is 6.18 Å². The van der Waals surface area contributed by atoms with E-state index < -0.39 is 12.0 Å². The van der Waals surface area contributed by atoms with Crippen LogP contribution in [-0.2, 0) is 12.7 Å². The number of aromatic nitrogens is 2. The maximum absolute atomic E-state index is 13.3. The molecule has 0 unspecified atom stereocenters. The van der Waals surface area contributed by atoms with Gasteiger partial charge in [0.25, 0.3) is 0 Å². The first-order valence-electron chi connectivity index (χ1n) is 11.6. The van der Waals surface area contributed by atoms with Gasteiger partial charge in [0.05, 0.1) is 11.0 Å². The molecule has 0 aliphatic carbocycles. The van der Waals surface area contributed by atoms with E-state index in [-0.39, 0.29) is 0 Å². The first-order valence-corrected chi connectivity index (χ1v) is 11.6. The molecule has 0 N–H and O–H groups in total. The number of rotatable bonds is 15. The first-order chi connectivity index (χ1) is 14.0. The average Bonchev–Trinajstić information content (AvgIpc) is 3.07. The van der Waals surface area contributed by atoms with Crippen molar-refractivity contribution in [3.63, 3.8) is 0 Å². The predicted octanol–water partition coefficient (Wildman–Crippen LogP) is 8.54. The highest BCUT2D eigenvalue weighted by atomic mass is 19.4. The maximum atomic E-state index is 13.3. The molecule has 0 aliphatic rings. The van der Waals surface area contributed by atoms with Crippen LogP contribution in [0.2, 0.25) is 0 Å². The second-order valence-corrected chi connectivity index (χ2v) is 8.17. The molecular weight excluding hydrogens is 373 g/mol. The van der Waals surface area contributed by atoms with Crippen molar-refractivity contribution in [1.82, 2.24) is 9.55 Å². The van der Waals surface area contributed by atoms with Crippen LogP contribution in [0.3, 0.4) is 0 Å². The van der Waals surface area contributed by atoms with Gasteiger partial charge in [-0.3, -0.25) is 0 Å². The zero-order valence-corrected chi connectivity index (χ0v) is 17.9. The Morgan fingerprint density at radius 1 is 0.724 bits per heavy atom. The molecule has 1 aromatic carbocycles. The van der Waals surface area contributed by atoms with E-state index in [0.29, 0.717) is 17.6 Å². The lowest BCUT2D eigenvalue weighted by Crippen LogP contribution is -2.15. The SMILES string of the molecule is CCCCCCCCCCCCCCCCn1c(C(F)(F)F)nc2ccccc21. The molecule has 2 rings (SSSR count). The number of alkyl halides is 3. The Balaban J connectivity index is 1.57. The van der Waals surface area contributed by atoms with Crippen molar-refractivity contribution in [2.45, 2.75) is 110 Å². The van der Waals surface area contributed by atoms with Gasteiger partial charge in [-0.15, -0.1) is 0 Å². The number of hydrogen-bond donors (Lipinski definition) is 0. The van der Waals surface area contributed by atoms with E-state index in [2.05, 4.69) is 11.9 Å². The monoisotopic (exact) mass is 410 g/mol. The van der Waals surface area contributed by atoms with Crippen molar-refractivity contribution in [3.8, 4) is 0 Å². The fourth-order valence-corrected chi connectivity index (χ4v) is 3.98. The molecule has 1 aromatic heterocycles. The van der Waals surface area contributed by atoms with Gasteiger partial charge in [-0.2, -0.15) is 13.2 Å². The normalized spacial score (nSPS) is 12.1. The Bertz CT molecular complexity index is 691. The van der Waals surface area contributed by atoms with Gasteiger partial charge < -0.3 is 4.57 Å². The fourth-order valence-electron chi connectivity index (χ4n) is 3.98. The predicted molar refractivity (Wildman–Crippen MR) is 115 cm³/mol. The van der Waals surface area contributed by atoms with Crippen LogP contribution in [0.15, 0.2) is 24.3 Å². The van der Waals surface area contributed by atoms with Crippen molar-refractivity contribution in [2.75, 3.05) is 0 Å². The van der Waals surface area contributed by atoms with E-state index >= 15 is 0 Å². The molecule has 0 bridgehead atoms. The minimum absolute atomic E-state index is 0.382. The Hall–Kier alpha value is -1.52. The third kappa shape index (κ3) is 8.39. The largest absolute Gasteiger partial charge is 0.449 e. The van der Waals surface area contributed by atoms with E-state index in [1.165, 1.54) is 75.2 Å². The number of para-hydroxylation sites is 2. The molecule has 0 saturated heterocycles. The zero-order chi connectivity index (χ0) is 21.0.